The van der Waals surface area contributed by atoms with E-state index in [4.69, 9.17) is 5.11 Å². The molecule has 0 aliphatic heterocycles. The van der Waals surface area contributed by atoms with Gasteiger partial charge in [0.05, 0.1) is 0 Å². The van der Waals surface area contributed by atoms with Gasteiger partial charge in [-0.2, -0.15) is 0 Å². The van der Waals surface area contributed by atoms with Crippen molar-refractivity contribution in [2.75, 3.05) is 0 Å². The summed E-state index contributed by atoms with van der Waals surface area (Å²) in [5.74, 6) is 0.613. The Balaban J connectivity index is 2.13. The quantitative estimate of drug-likeness (QED) is 0.442. The van der Waals surface area contributed by atoms with Crippen molar-refractivity contribution in [2.24, 2.45) is 11.8 Å². The van der Waals surface area contributed by atoms with Crippen LogP contribution in [0.25, 0.3) is 0 Å². The number of carbonyl (C=O) groups excluding carboxylic acids is 1. The molecule has 0 unspecified atom stereocenters. The molecule has 1 N–H and O–H groups in total. The summed E-state index contributed by atoms with van der Waals surface area (Å²) in [6, 6.07) is 0. The summed E-state index contributed by atoms with van der Waals surface area (Å²) in [5.41, 5.74) is 0. The molecule has 1 saturated carbocycles. The maximum absolute atomic E-state index is 11.9. The standard InChI is InChI=1S/C18H30O3/c1-2-3-7-11-16-15(13-14-17(16)19)10-8-5-4-6-9-12-18(20)21/h3,7,15-16H,2,4-6,8-14H2,1H3,(H,20,21)/b7-3-/t15-,16+/m0/s1. The van der Waals surface area contributed by atoms with E-state index in [1.807, 2.05) is 0 Å². The van der Waals surface area contributed by atoms with Gasteiger partial charge >= 0.3 is 5.97 Å². The molecule has 0 radical (unpaired) electrons. The number of Topliss-reactive ketones (excluding diaryl/α,β-unsaturated/α-hetero) is 1. The predicted octanol–water partition coefficient (Wildman–Crippen LogP) is 4.75. The van der Waals surface area contributed by atoms with Crippen molar-refractivity contribution in [1.29, 1.82) is 0 Å². The minimum absolute atomic E-state index is 0.264. The van der Waals surface area contributed by atoms with Crippen LogP contribution in [0.5, 0.6) is 0 Å². The molecule has 0 aromatic heterocycles. The van der Waals surface area contributed by atoms with E-state index in [2.05, 4.69) is 19.1 Å². The van der Waals surface area contributed by atoms with Gasteiger partial charge in [-0.25, -0.2) is 0 Å². The molecule has 1 aliphatic rings. The molecule has 0 amide bonds. The third-order valence-electron chi connectivity index (χ3n) is 4.50. The summed E-state index contributed by atoms with van der Waals surface area (Å²) in [6.45, 7) is 2.12. The fourth-order valence-corrected chi connectivity index (χ4v) is 3.27. The van der Waals surface area contributed by atoms with Crippen LogP contribution in [0.4, 0.5) is 0 Å². The molecule has 21 heavy (non-hydrogen) atoms. The fourth-order valence-electron chi connectivity index (χ4n) is 3.27. The summed E-state index contributed by atoms with van der Waals surface area (Å²) in [5, 5.41) is 8.56. The molecular formula is C18H30O3. The lowest BCUT2D eigenvalue weighted by atomic mass is 9.87. The van der Waals surface area contributed by atoms with E-state index >= 15 is 0 Å². The molecule has 1 fully saturated rings. The number of hydrogen-bond acceptors (Lipinski definition) is 2. The van der Waals surface area contributed by atoms with Crippen LogP contribution < -0.4 is 0 Å². The lowest BCUT2D eigenvalue weighted by Gasteiger charge is -2.16. The first-order chi connectivity index (χ1) is 10.1. The Morgan fingerprint density at radius 3 is 2.62 bits per heavy atom. The van der Waals surface area contributed by atoms with Crippen LogP contribution in [0, 0.1) is 11.8 Å². The molecule has 2 atom stereocenters. The Kier molecular flexibility index (Phi) is 9.04. The highest BCUT2D eigenvalue weighted by atomic mass is 16.4. The van der Waals surface area contributed by atoms with Crippen LogP contribution in [0.15, 0.2) is 12.2 Å². The molecular weight excluding hydrogens is 264 g/mol. The predicted molar refractivity (Wildman–Crippen MR) is 85.2 cm³/mol. The van der Waals surface area contributed by atoms with Gasteiger partial charge in [-0.15, -0.1) is 0 Å². The highest BCUT2D eigenvalue weighted by Gasteiger charge is 2.32. The normalized spacial score (nSPS) is 22.2. The largest absolute Gasteiger partial charge is 0.481 e. The van der Waals surface area contributed by atoms with Gasteiger partial charge in [0.15, 0.2) is 0 Å². The molecule has 0 aromatic rings. The van der Waals surface area contributed by atoms with E-state index in [1.54, 1.807) is 0 Å². The fraction of sp³-hybridized carbons (Fsp3) is 0.778. The number of allylic oxidation sites excluding steroid dienone is 2. The second-order valence-electron chi connectivity index (χ2n) is 6.19. The Hall–Kier alpha value is -1.12. The van der Waals surface area contributed by atoms with Crippen LogP contribution in [0.1, 0.15) is 77.6 Å². The van der Waals surface area contributed by atoms with Crippen molar-refractivity contribution in [2.45, 2.75) is 77.6 Å². The van der Waals surface area contributed by atoms with Crippen LogP contribution >= 0.6 is 0 Å². The number of carboxylic acids is 1. The molecule has 3 heteroatoms. The summed E-state index contributed by atoms with van der Waals surface area (Å²) in [4.78, 5) is 22.3. The molecule has 120 valence electrons. The number of hydrogen-bond donors (Lipinski definition) is 1. The monoisotopic (exact) mass is 294 g/mol. The van der Waals surface area contributed by atoms with E-state index in [9.17, 15) is 9.59 Å². The number of ketones is 1. The number of unbranched alkanes of at least 4 members (excludes halogenated alkanes) is 4. The highest BCUT2D eigenvalue weighted by molar-refractivity contribution is 5.83. The molecule has 0 aromatic carbocycles. The van der Waals surface area contributed by atoms with Crippen LogP contribution in [0.2, 0.25) is 0 Å². The van der Waals surface area contributed by atoms with Crippen LogP contribution in [0.3, 0.4) is 0 Å². The van der Waals surface area contributed by atoms with E-state index in [-0.39, 0.29) is 5.92 Å². The topological polar surface area (TPSA) is 54.4 Å². The van der Waals surface area contributed by atoms with Gasteiger partial charge in [-0.05, 0) is 38.0 Å². The minimum atomic E-state index is -0.692. The SMILES string of the molecule is CC/C=C\C[C@H]1C(=O)CC[C@@H]1CCCCCCCC(=O)O. The zero-order valence-electron chi connectivity index (χ0n) is 13.4. The minimum Gasteiger partial charge on any atom is -0.481 e. The maximum Gasteiger partial charge on any atom is 0.303 e. The first-order valence-corrected chi connectivity index (χ1v) is 8.54. The lowest BCUT2D eigenvalue weighted by molar-refractivity contribution is -0.137. The average molecular weight is 294 g/mol. The van der Waals surface area contributed by atoms with Crippen LogP contribution in [-0.4, -0.2) is 16.9 Å². The summed E-state index contributed by atoms with van der Waals surface area (Å²) >= 11 is 0. The first-order valence-electron chi connectivity index (χ1n) is 8.54. The van der Waals surface area contributed by atoms with Gasteiger partial charge < -0.3 is 5.11 Å². The molecule has 0 bridgehead atoms. The molecule has 3 nitrogen and oxygen atoms in total. The number of carboxylic acid groups (broad SMARTS) is 1. The van der Waals surface area contributed by atoms with E-state index < -0.39 is 5.97 Å². The van der Waals surface area contributed by atoms with Gasteiger partial charge in [-0.3, -0.25) is 9.59 Å². The smallest absolute Gasteiger partial charge is 0.303 e. The zero-order valence-corrected chi connectivity index (χ0v) is 13.4. The van der Waals surface area contributed by atoms with Gasteiger partial charge in [0.2, 0.25) is 0 Å². The Morgan fingerprint density at radius 2 is 1.90 bits per heavy atom. The van der Waals surface area contributed by atoms with Crippen LogP contribution in [-0.2, 0) is 9.59 Å². The Morgan fingerprint density at radius 1 is 1.19 bits per heavy atom. The summed E-state index contributed by atoms with van der Waals surface area (Å²) in [7, 11) is 0. The third-order valence-corrected chi connectivity index (χ3v) is 4.50. The highest BCUT2D eigenvalue weighted by Crippen LogP contribution is 2.35. The van der Waals surface area contributed by atoms with E-state index in [1.165, 1.54) is 12.8 Å². The third kappa shape index (κ3) is 7.45. The van der Waals surface area contributed by atoms with Crippen molar-refractivity contribution in [3.63, 3.8) is 0 Å². The summed E-state index contributed by atoms with van der Waals surface area (Å²) in [6.07, 6.45) is 14.9. The molecule has 0 spiro atoms. The van der Waals surface area contributed by atoms with Crippen molar-refractivity contribution in [1.82, 2.24) is 0 Å². The van der Waals surface area contributed by atoms with Crippen molar-refractivity contribution < 1.29 is 14.7 Å². The second-order valence-corrected chi connectivity index (χ2v) is 6.19. The second kappa shape index (κ2) is 10.6. The van der Waals surface area contributed by atoms with E-state index in [0.717, 1.165) is 51.4 Å². The summed E-state index contributed by atoms with van der Waals surface area (Å²) < 4.78 is 0. The lowest BCUT2D eigenvalue weighted by Crippen LogP contribution is -2.14. The number of rotatable bonds is 11. The Labute approximate surface area is 128 Å². The molecule has 0 heterocycles. The van der Waals surface area contributed by atoms with Crippen molar-refractivity contribution in [3.05, 3.63) is 12.2 Å². The zero-order chi connectivity index (χ0) is 15.5. The molecule has 1 aliphatic carbocycles. The molecule has 0 saturated heterocycles. The van der Waals surface area contributed by atoms with E-state index in [0.29, 0.717) is 18.1 Å². The number of carbonyl (C=O) groups is 2. The Bertz CT molecular complexity index is 346. The molecule has 1 rings (SSSR count). The van der Waals surface area contributed by atoms with Gasteiger partial charge in [0.1, 0.15) is 5.78 Å². The van der Waals surface area contributed by atoms with Gasteiger partial charge in [0, 0.05) is 18.8 Å². The van der Waals surface area contributed by atoms with Gasteiger partial charge in [0.25, 0.3) is 0 Å². The van der Waals surface area contributed by atoms with Crippen molar-refractivity contribution >= 4 is 11.8 Å². The maximum atomic E-state index is 11.9. The number of aliphatic carboxylic acids is 1. The first kappa shape index (κ1) is 17.9. The van der Waals surface area contributed by atoms with Gasteiger partial charge in [-0.1, -0.05) is 44.8 Å². The average Bonchev–Trinajstić information content (AvgIpc) is 2.79. The van der Waals surface area contributed by atoms with Crippen molar-refractivity contribution in [3.8, 4) is 0 Å².